The summed E-state index contributed by atoms with van der Waals surface area (Å²) in [6.45, 7) is 7.20. The van der Waals surface area contributed by atoms with E-state index in [1.165, 1.54) is 30.9 Å². The van der Waals surface area contributed by atoms with Crippen LogP contribution in [0.15, 0.2) is 71.6 Å². The monoisotopic (exact) mass is 491 g/mol. The molecule has 3 aromatic carbocycles. The molecule has 0 aliphatic carbocycles. The number of carbonyl (C=O) groups is 1. The molecule has 0 spiro atoms. The summed E-state index contributed by atoms with van der Waals surface area (Å²) in [5.74, 6) is -0.307. The largest absolute Gasteiger partial charge is 0.348 e. The summed E-state index contributed by atoms with van der Waals surface area (Å²) >= 11 is 0. The van der Waals surface area contributed by atoms with Crippen molar-refractivity contribution in [3.63, 3.8) is 0 Å². The lowest BCUT2D eigenvalue weighted by Crippen LogP contribution is -2.29. The highest BCUT2D eigenvalue weighted by atomic mass is 32.2. The Hall–Kier alpha value is -3.16. The number of hydrogen-bond donors (Lipinski definition) is 2. The lowest BCUT2D eigenvalue weighted by atomic mass is 10.1. The fourth-order valence-electron chi connectivity index (χ4n) is 4.45. The predicted octanol–water partition coefficient (Wildman–Crippen LogP) is 5.02. The van der Waals surface area contributed by atoms with Gasteiger partial charge in [0.05, 0.1) is 4.90 Å². The minimum atomic E-state index is -3.84. The summed E-state index contributed by atoms with van der Waals surface area (Å²) in [6.07, 6.45) is 3.82. The van der Waals surface area contributed by atoms with Crippen molar-refractivity contribution < 1.29 is 13.2 Å². The molecule has 184 valence electrons. The van der Waals surface area contributed by atoms with Gasteiger partial charge in [-0.1, -0.05) is 48.9 Å². The first-order chi connectivity index (χ1) is 16.8. The zero-order valence-corrected chi connectivity index (χ0v) is 21.2. The van der Waals surface area contributed by atoms with Crippen LogP contribution in [-0.2, 0) is 23.1 Å². The third-order valence-corrected chi connectivity index (χ3v) is 7.83. The first kappa shape index (κ1) is 24.9. The Morgan fingerprint density at radius 2 is 1.63 bits per heavy atom. The molecular formula is C28H33N3O3S. The highest BCUT2D eigenvalue weighted by Crippen LogP contribution is 2.22. The number of piperidine rings is 1. The van der Waals surface area contributed by atoms with Crippen LogP contribution in [0.4, 0.5) is 5.69 Å². The highest BCUT2D eigenvalue weighted by molar-refractivity contribution is 7.92. The van der Waals surface area contributed by atoms with E-state index in [0.29, 0.717) is 23.4 Å². The second kappa shape index (κ2) is 11.1. The van der Waals surface area contributed by atoms with Crippen molar-refractivity contribution in [3.05, 3.63) is 94.5 Å². The molecule has 0 unspecified atom stereocenters. The molecule has 0 atom stereocenters. The van der Waals surface area contributed by atoms with E-state index in [4.69, 9.17) is 0 Å². The summed E-state index contributed by atoms with van der Waals surface area (Å²) < 4.78 is 28.7. The van der Waals surface area contributed by atoms with Gasteiger partial charge in [0.15, 0.2) is 0 Å². The van der Waals surface area contributed by atoms with Gasteiger partial charge in [-0.3, -0.25) is 14.4 Å². The van der Waals surface area contributed by atoms with Gasteiger partial charge in [0.2, 0.25) is 0 Å². The molecule has 1 amide bonds. The molecule has 0 radical (unpaired) electrons. The summed E-state index contributed by atoms with van der Waals surface area (Å²) in [6, 6.07) is 20.2. The number of hydrogen-bond acceptors (Lipinski definition) is 4. The normalized spacial score (nSPS) is 14.5. The zero-order chi connectivity index (χ0) is 24.8. The van der Waals surface area contributed by atoms with Crippen molar-refractivity contribution in [1.82, 2.24) is 10.2 Å². The molecule has 0 saturated carbocycles. The maximum atomic E-state index is 13.0. The van der Waals surface area contributed by atoms with Gasteiger partial charge in [0, 0.05) is 24.3 Å². The Balaban J connectivity index is 1.43. The van der Waals surface area contributed by atoms with Gasteiger partial charge in [0.25, 0.3) is 15.9 Å². The number of rotatable bonds is 8. The van der Waals surface area contributed by atoms with E-state index in [2.05, 4.69) is 27.1 Å². The average Bonchev–Trinajstić information content (AvgIpc) is 2.83. The topological polar surface area (TPSA) is 78.5 Å². The number of benzene rings is 3. The van der Waals surface area contributed by atoms with Crippen molar-refractivity contribution in [1.29, 1.82) is 0 Å². The molecule has 0 bridgehead atoms. The van der Waals surface area contributed by atoms with E-state index in [1.807, 2.05) is 25.1 Å². The Bertz CT molecular complexity index is 1300. The third-order valence-electron chi connectivity index (χ3n) is 6.31. The lowest BCUT2D eigenvalue weighted by molar-refractivity contribution is 0.0950. The number of nitrogens with zero attached hydrogens (tertiary/aromatic N) is 1. The van der Waals surface area contributed by atoms with Gasteiger partial charge in [-0.25, -0.2) is 8.42 Å². The van der Waals surface area contributed by atoms with Gasteiger partial charge in [-0.15, -0.1) is 0 Å². The maximum Gasteiger partial charge on any atom is 0.262 e. The quantitative estimate of drug-likeness (QED) is 0.464. The Kier molecular flexibility index (Phi) is 7.88. The van der Waals surface area contributed by atoms with Crippen LogP contribution in [0.3, 0.4) is 0 Å². The first-order valence-electron chi connectivity index (χ1n) is 12.1. The molecule has 7 heteroatoms. The molecule has 3 aromatic rings. The minimum Gasteiger partial charge on any atom is -0.348 e. The van der Waals surface area contributed by atoms with E-state index >= 15 is 0 Å². The van der Waals surface area contributed by atoms with Crippen LogP contribution in [0.5, 0.6) is 0 Å². The van der Waals surface area contributed by atoms with Crippen molar-refractivity contribution in [2.24, 2.45) is 0 Å². The van der Waals surface area contributed by atoms with E-state index < -0.39 is 10.0 Å². The van der Waals surface area contributed by atoms with Crippen molar-refractivity contribution in [3.8, 4) is 0 Å². The van der Waals surface area contributed by atoms with Gasteiger partial charge >= 0.3 is 0 Å². The smallest absolute Gasteiger partial charge is 0.262 e. The van der Waals surface area contributed by atoms with Crippen LogP contribution < -0.4 is 10.0 Å². The fraction of sp³-hybridized carbons (Fsp3) is 0.321. The zero-order valence-electron chi connectivity index (χ0n) is 20.4. The lowest BCUT2D eigenvalue weighted by Gasteiger charge is -2.26. The molecule has 2 N–H and O–H groups in total. The van der Waals surface area contributed by atoms with Gasteiger partial charge in [0.1, 0.15) is 0 Å². The molecule has 6 nitrogen and oxygen atoms in total. The average molecular weight is 492 g/mol. The second-order valence-corrected chi connectivity index (χ2v) is 10.9. The second-order valence-electron chi connectivity index (χ2n) is 9.29. The van der Waals surface area contributed by atoms with Crippen LogP contribution >= 0.6 is 0 Å². The Labute approximate surface area is 208 Å². The van der Waals surface area contributed by atoms with Crippen molar-refractivity contribution >= 4 is 21.6 Å². The van der Waals surface area contributed by atoms with Crippen LogP contribution in [0, 0.1) is 13.8 Å². The molecule has 0 aromatic heterocycles. The standard InChI is InChI=1S/C28H33N3O3S/c1-21-8-6-11-26(16-21)30-35(33,34)27-18-25(13-12-22(27)2)28(32)29-19-23-9-7-10-24(17-23)20-31-14-4-3-5-15-31/h6-13,16-18,30H,3-5,14-15,19-20H2,1-2H3,(H,29,32). The minimum absolute atomic E-state index is 0.0928. The Morgan fingerprint density at radius 1 is 0.886 bits per heavy atom. The van der Waals surface area contributed by atoms with E-state index in [-0.39, 0.29) is 10.8 Å². The maximum absolute atomic E-state index is 13.0. The number of nitrogens with one attached hydrogen (secondary N) is 2. The molecule has 1 aliphatic rings. The van der Waals surface area contributed by atoms with Crippen LogP contribution in [-0.4, -0.2) is 32.3 Å². The Morgan fingerprint density at radius 3 is 2.40 bits per heavy atom. The SMILES string of the molecule is Cc1cccc(NS(=O)(=O)c2cc(C(=O)NCc3cccc(CN4CCCCC4)c3)ccc2C)c1. The van der Waals surface area contributed by atoms with E-state index in [9.17, 15) is 13.2 Å². The van der Waals surface area contributed by atoms with E-state index in [1.54, 1.807) is 37.3 Å². The number of likely N-dealkylation sites (tertiary alicyclic amines) is 1. The fourth-order valence-corrected chi connectivity index (χ4v) is 5.77. The van der Waals surface area contributed by atoms with Gasteiger partial charge in [-0.05, 0) is 86.3 Å². The molecule has 4 rings (SSSR count). The van der Waals surface area contributed by atoms with Gasteiger partial charge < -0.3 is 5.32 Å². The van der Waals surface area contributed by atoms with Gasteiger partial charge in [-0.2, -0.15) is 0 Å². The predicted molar refractivity (Wildman–Crippen MR) is 140 cm³/mol. The van der Waals surface area contributed by atoms with Crippen LogP contribution in [0.25, 0.3) is 0 Å². The summed E-state index contributed by atoms with van der Waals surface area (Å²) in [5.41, 5.74) is 4.59. The van der Waals surface area contributed by atoms with Crippen LogP contribution in [0.2, 0.25) is 0 Å². The number of anilines is 1. The molecule has 1 saturated heterocycles. The molecular weight excluding hydrogens is 458 g/mol. The number of aryl methyl sites for hydroxylation is 2. The molecule has 35 heavy (non-hydrogen) atoms. The first-order valence-corrected chi connectivity index (χ1v) is 13.6. The van der Waals surface area contributed by atoms with Crippen molar-refractivity contribution in [2.75, 3.05) is 17.8 Å². The van der Waals surface area contributed by atoms with Crippen molar-refractivity contribution in [2.45, 2.75) is 51.1 Å². The third kappa shape index (κ3) is 6.71. The molecule has 1 aliphatic heterocycles. The highest BCUT2D eigenvalue weighted by Gasteiger charge is 2.19. The number of sulfonamides is 1. The number of carbonyl (C=O) groups excluding carboxylic acids is 1. The molecule has 1 heterocycles. The summed E-state index contributed by atoms with van der Waals surface area (Å²) in [5, 5.41) is 2.93. The van der Waals surface area contributed by atoms with Crippen LogP contribution in [0.1, 0.15) is 51.9 Å². The van der Waals surface area contributed by atoms with E-state index in [0.717, 1.165) is 30.8 Å². The summed E-state index contributed by atoms with van der Waals surface area (Å²) in [7, 11) is -3.84. The summed E-state index contributed by atoms with van der Waals surface area (Å²) in [4.78, 5) is 15.4. The number of amides is 1. The molecule has 1 fully saturated rings.